The van der Waals surface area contributed by atoms with Crippen molar-refractivity contribution >= 4 is 68.7 Å². The van der Waals surface area contributed by atoms with Crippen molar-refractivity contribution in [3.63, 3.8) is 0 Å². The number of hydrogen-bond acceptors (Lipinski definition) is 10. The van der Waals surface area contributed by atoms with Crippen molar-refractivity contribution in [2.24, 2.45) is 5.92 Å². The van der Waals surface area contributed by atoms with Crippen molar-refractivity contribution in [1.29, 1.82) is 0 Å². The maximum absolute atomic E-state index is 14.0. The molecule has 3 atom stereocenters. The maximum Gasteiger partial charge on any atom is 0.305 e. The number of carbonyl (C=O) groups excluding carboxylic acids is 3. The molecular formula is C34H26N4O8S2. The number of thioether (sulfide) groups is 1. The molecule has 7 rings (SSSR count). The quantitative estimate of drug-likeness (QED) is 0.113. The SMILES string of the molecule is CCOc1cc(C2c3sc(=O)[nH]c3SC3C(=O)N(c4ccc([N+](=O)[O-])cc4)C(=O)C32)ccc1OCC(=O)Nc1cccc2ccccc12. The predicted octanol–water partition coefficient (Wildman–Crippen LogP) is 5.71. The zero-order valence-electron chi connectivity index (χ0n) is 25.2. The molecule has 1 aromatic heterocycles. The van der Waals surface area contributed by atoms with Gasteiger partial charge in [-0.3, -0.25) is 29.3 Å². The minimum absolute atomic E-state index is 0.168. The third-order valence-corrected chi connectivity index (χ3v) is 10.6. The molecule has 2 aliphatic heterocycles. The summed E-state index contributed by atoms with van der Waals surface area (Å²) in [6.45, 7) is 1.78. The number of benzene rings is 4. The molecule has 242 valence electrons. The van der Waals surface area contributed by atoms with Crippen LogP contribution in [0.1, 0.15) is 23.3 Å². The van der Waals surface area contributed by atoms with Crippen molar-refractivity contribution in [1.82, 2.24) is 4.98 Å². The summed E-state index contributed by atoms with van der Waals surface area (Å²) in [6, 6.07) is 23.7. The van der Waals surface area contributed by atoms with E-state index < -0.39 is 33.8 Å². The lowest BCUT2D eigenvalue weighted by Gasteiger charge is -2.30. The molecule has 0 spiro atoms. The molecule has 3 amide bonds. The Morgan fingerprint density at radius 1 is 0.958 bits per heavy atom. The third-order valence-electron chi connectivity index (χ3n) is 8.19. The van der Waals surface area contributed by atoms with Crippen molar-refractivity contribution in [2.45, 2.75) is 23.1 Å². The molecule has 2 N–H and O–H groups in total. The Morgan fingerprint density at radius 3 is 2.50 bits per heavy atom. The zero-order valence-corrected chi connectivity index (χ0v) is 26.8. The highest BCUT2D eigenvalue weighted by Crippen LogP contribution is 2.54. The number of rotatable bonds is 9. The van der Waals surface area contributed by atoms with Gasteiger partial charge in [0.15, 0.2) is 18.1 Å². The number of hydrogen-bond donors (Lipinski definition) is 2. The number of anilines is 2. The Hall–Kier alpha value is -5.47. The lowest BCUT2D eigenvalue weighted by Crippen LogP contribution is -2.32. The minimum atomic E-state index is -0.871. The Balaban J connectivity index is 1.18. The second kappa shape index (κ2) is 12.6. The summed E-state index contributed by atoms with van der Waals surface area (Å²) in [7, 11) is 0. The van der Waals surface area contributed by atoms with Crippen molar-refractivity contribution in [2.75, 3.05) is 23.4 Å². The van der Waals surface area contributed by atoms with E-state index in [0.717, 1.165) is 38.8 Å². The fraction of sp³-hybridized carbons (Fsp3) is 0.176. The Bertz CT molecular complexity index is 2160. The summed E-state index contributed by atoms with van der Waals surface area (Å²) in [5.74, 6) is -2.24. The fourth-order valence-corrected chi connectivity index (χ4v) is 8.64. The Morgan fingerprint density at radius 2 is 1.73 bits per heavy atom. The first-order chi connectivity index (χ1) is 23.2. The summed E-state index contributed by atoms with van der Waals surface area (Å²) in [5, 5.41) is 15.6. The maximum atomic E-state index is 14.0. The van der Waals surface area contributed by atoms with Gasteiger partial charge < -0.3 is 19.8 Å². The summed E-state index contributed by atoms with van der Waals surface area (Å²) in [4.78, 5) is 67.9. The predicted molar refractivity (Wildman–Crippen MR) is 181 cm³/mol. The lowest BCUT2D eigenvalue weighted by atomic mass is 9.83. The highest BCUT2D eigenvalue weighted by atomic mass is 32.2. The molecule has 1 fully saturated rings. The number of ether oxygens (including phenoxy) is 2. The van der Waals surface area contributed by atoms with E-state index in [2.05, 4.69) is 10.3 Å². The second-order valence-electron chi connectivity index (χ2n) is 11.0. The molecule has 14 heteroatoms. The van der Waals surface area contributed by atoms with Crippen LogP contribution in [0.4, 0.5) is 17.1 Å². The van der Waals surface area contributed by atoms with Crippen molar-refractivity contribution in [3.05, 3.63) is 115 Å². The Labute approximate surface area is 280 Å². The first-order valence-electron chi connectivity index (χ1n) is 14.9. The minimum Gasteiger partial charge on any atom is -0.490 e. The summed E-state index contributed by atoms with van der Waals surface area (Å²) in [5.41, 5.74) is 1.33. The van der Waals surface area contributed by atoms with Gasteiger partial charge in [-0.1, -0.05) is 65.6 Å². The summed E-state index contributed by atoms with van der Waals surface area (Å²) >= 11 is 2.10. The van der Waals surface area contributed by atoms with Crippen LogP contribution in [0.15, 0.2) is 94.7 Å². The largest absolute Gasteiger partial charge is 0.490 e. The van der Waals surface area contributed by atoms with E-state index in [4.69, 9.17) is 9.47 Å². The van der Waals surface area contributed by atoms with E-state index in [1.807, 2.05) is 42.5 Å². The first-order valence-corrected chi connectivity index (χ1v) is 16.6. The van der Waals surface area contributed by atoms with Crippen LogP contribution < -0.4 is 24.6 Å². The summed E-state index contributed by atoms with van der Waals surface area (Å²) < 4.78 is 11.8. The molecule has 4 aromatic carbocycles. The summed E-state index contributed by atoms with van der Waals surface area (Å²) in [6.07, 6.45) is 0. The number of H-pyrrole nitrogens is 1. The van der Waals surface area contributed by atoms with E-state index in [0.29, 0.717) is 32.7 Å². The molecule has 5 aromatic rings. The van der Waals surface area contributed by atoms with Gasteiger partial charge in [-0.15, -0.1) is 0 Å². The van der Waals surface area contributed by atoms with Gasteiger partial charge in [0.2, 0.25) is 11.8 Å². The number of nitrogens with one attached hydrogen (secondary N) is 2. The highest BCUT2D eigenvalue weighted by Gasteiger charge is 2.56. The number of nitrogens with zero attached hydrogens (tertiary/aromatic N) is 2. The van der Waals surface area contributed by atoms with Crippen LogP contribution in [0.2, 0.25) is 0 Å². The van der Waals surface area contributed by atoms with E-state index in [1.165, 1.54) is 24.3 Å². The van der Waals surface area contributed by atoms with Crippen LogP contribution >= 0.6 is 23.1 Å². The van der Waals surface area contributed by atoms with Crippen molar-refractivity contribution < 1.29 is 28.8 Å². The van der Waals surface area contributed by atoms with Gasteiger partial charge in [0.25, 0.3) is 11.6 Å². The number of nitro benzene ring substituents is 1. The molecule has 1 saturated heterocycles. The molecule has 0 saturated carbocycles. The molecule has 2 aliphatic rings. The van der Waals surface area contributed by atoms with Crippen LogP contribution in [-0.2, 0) is 14.4 Å². The molecule has 3 heterocycles. The van der Waals surface area contributed by atoms with Crippen LogP contribution in [0.3, 0.4) is 0 Å². The molecule has 3 unspecified atom stereocenters. The van der Waals surface area contributed by atoms with E-state index in [9.17, 15) is 29.3 Å². The van der Waals surface area contributed by atoms with Gasteiger partial charge in [-0.2, -0.15) is 0 Å². The number of carbonyl (C=O) groups is 3. The molecule has 0 radical (unpaired) electrons. The number of aromatic nitrogens is 1. The standard InChI is InChI=1S/C34H26N4O8S2/c1-2-45-25-16-19(10-15-24(25)46-17-26(39)35-23-9-5-7-18-6-3-4-8-22(18)23)27-28-30(47-31-29(27)48-34(42)36-31)33(41)37(32(28)40)20-11-13-21(14-12-20)38(43)44/h3-16,27-28,30H,2,17H2,1H3,(H,35,39)(H,36,42). The number of non-ortho nitro benzene ring substituents is 1. The first kappa shape index (κ1) is 31.1. The average Bonchev–Trinajstić information content (AvgIpc) is 3.58. The molecule has 12 nitrogen and oxygen atoms in total. The van der Waals surface area contributed by atoms with Gasteiger partial charge in [-0.05, 0) is 48.2 Å². The van der Waals surface area contributed by atoms with Gasteiger partial charge >= 0.3 is 4.87 Å². The molecule has 0 bridgehead atoms. The number of imide groups is 1. The normalized spacial score (nSPS) is 18.4. The van der Waals surface area contributed by atoms with Crippen LogP contribution in [-0.4, -0.2) is 46.1 Å². The van der Waals surface area contributed by atoms with Gasteiger partial charge in [0, 0.05) is 34.0 Å². The third kappa shape index (κ3) is 5.58. The molecule has 0 aliphatic carbocycles. The molecule has 48 heavy (non-hydrogen) atoms. The molecular weight excluding hydrogens is 657 g/mol. The lowest BCUT2D eigenvalue weighted by molar-refractivity contribution is -0.384. The zero-order chi connectivity index (χ0) is 33.5. The van der Waals surface area contributed by atoms with Crippen LogP contribution in [0.25, 0.3) is 10.8 Å². The number of thiazole rings is 1. The van der Waals surface area contributed by atoms with Gasteiger partial charge in [-0.25, -0.2) is 4.90 Å². The Kier molecular flexibility index (Phi) is 8.19. The van der Waals surface area contributed by atoms with Crippen molar-refractivity contribution in [3.8, 4) is 11.5 Å². The second-order valence-corrected chi connectivity index (χ2v) is 13.2. The number of nitro groups is 1. The average molecular weight is 683 g/mol. The topological polar surface area (TPSA) is 161 Å². The van der Waals surface area contributed by atoms with Crippen LogP contribution in [0, 0.1) is 16.0 Å². The smallest absolute Gasteiger partial charge is 0.305 e. The fourth-order valence-electron chi connectivity index (χ4n) is 6.12. The van der Waals surface area contributed by atoms with Gasteiger partial charge in [0.1, 0.15) is 5.25 Å². The highest BCUT2D eigenvalue weighted by molar-refractivity contribution is 8.00. The number of fused-ring (bicyclic) bond motifs is 3. The number of aromatic amines is 1. The van der Waals surface area contributed by atoms with E-state index in [-0.39, 0.29) is 35.4 Å². The van der Waals surface area contributed by atoms with E-state index in [1.54, 1.807) is 25.1 Å². The number of amides is 3. The van der Waals surface area contributed by atoms with E-state index >= 15 is 0 Å². The van der Waals surface area contributed by atoms with Gasteiger partial charge in [0.05, 0.1) is 28.2 Å². The van der Waals surface area contributed by atoms with Crippen LogP contribution in [0.5, 0.6) is 11.5 Å². The monoisotopic (exact) mass is 682 g/mol.